The van der Waals surface area contributed by atoms with Crippen molar-refractivity contribution >= 4 is 5.91 Å². The van der Waals surface area contributed by atoms with E-state index in [0.29, 0.717) is 6.54 Å². The topological polar surface area (TPSA) is 55.1 Å². The van der Waals surface area contributed by atoms with Crippen LogP contribution in [0.5, 0.6) is 0 Å². The SMILES string of the molecule is CC1CCC(C(=O)N[C@@H](C)CN)CC1. The van der Waals surface area contributed by atoms with Crippen LogP contribution in [0.3, 0.4) is 0 Å². The highest BCUT2D eigenvalue weighted by Crippen LogP contribution is 2.28. The molecule has 3 heteroatoms. The smallest absolute Gasteiger partial charge is 0.223 e. The molecule has 0 aliphatic heterocycles. The van der Waals surface area contributed by atoms with Crippen molar-refractivity contribution in [2.75, 3.05) is 6.54 Å². The molecule has 0 heterocycles. The highest BCUT2D eigenvalue weighted by Gasteiger charge is 2.24. The van der Waals surface area contributed by atoms with E-state index in [-0.39, 0.29) is 17.9 Å². The summed E-state index contributed by atoms with van der Waals surface area (Å²) in [5, 5.41) is 2.95. The van der Waals surface area contributed by atoms with E-state index in [0.717, 1.165) is 18.8 Å². The molecule has 0 spiro atoms. The second kappa shape index (κ2) is 5.35. The van der Waals surface area contributed by atoms with Crippen LogP contribution in [-0.2, 0) is 4.79 Å². The molecule has 82 valence electrons. The van der Waals surface area contributed by atoms with Gasteiger partial charge in [-0.25, -0.2) is 0 Å². The lowest BCUT2D eigenvalue weighted by molar-refractivity contribution is -0.126. The van der Waals surface area contributed by atoms with Crippen molar-refractivity contribution in [3.8, 4) is 0 Å². The summed E-state index contributed by atoms with van der Waals surface area (Å²) >= 11 is 0. The molecule has 1 amide bonds. The summed E-state index contributed by atoms with van der Waals surface area (Å²) in [5.74, 6) is 1.24. The minimum Gasteiger partial charge on any atom is -0.352 e. The van der Waals surface area contributed by atoms with Crippen molar-refractivity contribution in [1.29, 1.82) is 0 Å². The van der Waals surface area contributed by atoms with Crippen LogP contribution in [0.4, 0.5) is 0 Å². The Morgan fingerprint density at radius 2 is 2.00 bits per heavy atom. The van der Waals surface area contributed by atoms with Gasteiger partial charge >= 0.3 is 0 Å². The van der Waals surface area contributed by atoms with Crippen LogP contribution in [0.2, 0.25) is 0 Å². The van der Waals surface area contributed by atoms with Gasteiger partial charge in [-0.2, -0.15) is 0 Å². The lowest BCUT2D eigenvalue weighted by atomic mass is 9.82. The van der Waals surface area contributed by atoms with Gasteiger partial charge in [0, 0.05) is 18.5 Å². The van der Waals surface area contributed by atoms with Gasteiger partial charge in [0.2, 0.25) is 5.91 Å². The van der Waals surface area contributed by atoms with E-state index < -0.39 is 0 Å². The van der Waals surface area contributed by atoms with Crippen LogP contribution in [0.25, 0.3) is 0 Å². The Kier molecular flexibility index (Phi) is 4.39. The molecule has 1 rings (SSSR count). The van der Waals surface area contributed by atoms with Crippen molar-refractivity contribution in [3.05, 3.63) is 0 Å². The number of rotatable bonds is 3. The Balaban J connectivity index is 2.30. The standard InChI is InChI=1S/C11H22N2O/c1-8-3-5-10(6-4-8)11(14)13-9(2)7-12/h8-10H,3-7,12H2,1-2H3,(H,13,14)/t8?,9-,10?/m0/s1. The summed E-state index contributed by atoms with van der Waals surface area (Å²) in [6.45, 7) is 4.73. The van der Waals surface area contributed by atoms with Gasteiger partial charge in [0.25, 0.3) is 0 Å². The molecule has 1 saturated carbocycles. The Morgan fingerprint density at radius 3 is 2.50 bits per heavy atom. The highest BCUT2D eigenvalue weighted by molar-refractivity contribution is 5.78. The number of carbonyl (C=O) groups excluding carboxylic acids is 1. The van der Waals surface area contributed by atoms with E-state index in [4.69, 9.17) is 5.73 Å². The predicted molar refractivity (Wildman–Crippen MR) is 57.8 cm³/mol. The molecule has 0 aromatic heterocycles. The molecule has 1 aliphatic carbocycles. The van der Waals surface area contributed by atoms with E-state index in [1.54, 1.807) is 0 Å². The number of hydrogen-bond acceptors (Lipinski definition) is 2. The van der Waals surface area contributed by atoms with E-state index in [2.05, 4.69) is 12.2 Å². The summed E-state index contributed by atoms with van der Waals surface area (Å²) in [7, 11) is 0. The maximum absolute atomic E-state index is 11.7. The normalized spacial score (nSPS) is 29.6. The molecular weight excluding hydrogens is 176 g/mol. The minimum absolute atomic E-state index is 0.113. The third kappa shape index (κ3) is 3.29. The molecule has 1 atom stereocenters. The van der Waals surface area contributed by atoms with E-state index in [1.165, 1.54) is 12.8 Å². The van der Waals surface area contributed by atoms with Gasteiger partial charge in [0.1, 0.15) is 0 Å². The molecule has 0 aromatic carbocycles. The predicted octanol–water partition coefficient (Wildman–Crippen LogP) is 1.28. The number of amides is 1. The van der Waals surface area contributed by atoms with Crippen LogP contribution < -0.4 is 11.1 Å². The van der Waals surface area contributed by atoms with Gasteiger partial charge in [0.15, 0.2) is 0 Å². The second-order valence-corrected chi connectivity index (χ2v) is 4.60. The number of nitrogens with two attached hydrogens (primary N) is 1. The van der Waals surface area contributed by atoms with Gasteiger partial charge in [-0.05, 0) is 38.5 Å². The molecule has 0 unspecified atom stereocenters. The summed E-state index contributed by atoms with van der Waals surface area (Å²) in [5.41, 5.74) is 5.46. The Labute approximate surface area is 86.4 Å². The van der Waals surface area contributed by atoms with Crippen LogP contribution in [-0.4, -0.2) is 18.5 Å². The largest absolute Gasteiger partial charge is 0.352 e. The van der Waals surface area contributed by atoms with E-state index in [1.807, 2.05) is 6.92 Å². The Bertz CT molecular complexity index is 186. The zero-order chi connectivity index (χ0) is 10.6. The minimum atomic E-state index is 0.113. The van der Waals surface area contributed by atoms with Crippen molar-refractivity contribution in [3.63, 3.8) is 0 Å². The fraction of sp³-hybridized carbons (Fsp3) is 0.909. The first-order chi connectivity index (χ1) is 6.63. The molecule has 0 radical (unpaired) electrons. The third-order valence-electron chi connectivity index (χ3n) is 3.13. The van der Waals surface area contributed by atoms with Crippen LogP contribution >= 0.6 is 0 Å². The molecule has 0 aromatic rings. The molecule has 1 aliphatic rings. The van der Waals surface area contributed by atoms with Gasteiger partial charge < -0.3 is 11.1 Å². The zero-order valence-corrected chi connectivity index (χ0v) is 9.25. The first-order valence-electron chi connectivity index (χ1n) is 5.64. The third-order valence-corrected chi connectivity index (χ3v) is 3.13. The van der Waals surface area contributed by atoms with Crippen molar-refractivity contribution in [2.45, 2.75) is 45.6 Å². The first-order valence-corrected chi connectivity index (χ1v) is 5.64. The molecule has 14 heavy (non-hydrogen) atoms. The summed E-state index contributed by atoms with van der Waals surface area (Å²) in [6.07, 6.45) is 4.47. The summed E-state index contributed by atoms with van der Waals surface area (Å²) in [6, 6.07) is 0.113. The van der Waals surface area contributed by atoms with Gasteiger partial charge in [-0.15, -0.1) is 0 Å². The lowest BCUT2D eigenvalue weighted by Crippen LogP contribution is -2.42. The van der Waals surface area contributed by atoms with Gasteiger partial charge in [-0.1, -0.05) is 6.92 Å². The Morgan fingerprint density at radius 1 is 1.43 bits per heavy atom. The van der Waals surface area contributed by atoms with Crippen LogP contribution in [0, 0.1) is 11.8 Å². The number of hydrogen-bond donors (Lipinski definition) is 2. The van der Waals surface area contributed by atoms with Gasteiger partial charge in [-0.3, -0.25) is 4.79 Å². The zero-order valence-electron chi connectivity index (χ0n) is 9.25. The number of carbonyl (C=O) groups is 1. The van der Waals surface area contributed by atoms with E-state index >= 15 is 0 Å². The first kappa shape index (κ1) is 11.5. The van der Waals surface area contributed by atoms with Crippen molar-refractivity contribution in [1.82, 2.24) is 5.32 Å². The van der Waals surface area contributed by atoms with E-state index in [9.17, 15) is 4.79 Å². The fourth-order valence-electron chi connectivity index (χ4n) is 1.94. The maximum Gasteiger partial charge on any atom is 0.223 e. The molecule has 0 saturated heterocycles. The van der Waals surface area contributed by atoms with Gasteiger partial charge in [0.05, 0.1) is 0 Å². The fourth-order valence-corrected chi connectivity index (χ4v) is 1.94. The Hall–Kier alpha value is -0.570. The molecular formula is C11H22N2O. The average Bonchev–Trinajstić information content (AvgIpc) is 2.18. The molecule has 1 fully saturated rings. The second-order valence-electron chi connectivity index (χ2n) is 4.60. The molecule has 3 N–H and O–H groups in total. The maximum atomic E-state index is 11.7. The lowest BCUT2D eigenvalue weighted by Gasteiger charge is -2.26. The average molecular weight is 198 g/mol. The van der Waals surface area contributed by atoms with Crippen molar-refractivity contribution in [2.24, 2.45) is 17.6 Å². The van der Waals surface area contributed by atoms with Crippen LogP contribution in [0.1, 0.15) is 39.5 Å². The number of nitrogens with one attached hydrogen (secondary N) is 1. The quantitative estimate of drug-likeness (QED) is 0.717. The molecule has 3 nitrogen and oxygen atoms in total. The van der Waals surface area contributed by atoms with Crippen LogP contribution in [0.15, 0.2) is 0 Å². The highest BCUT2D eigenvalue weighted by atomic mass is 16.1. The monoisotopic (exact) mass is 198 g/mol. The summed E-state index contributed by atoms with van der Waals surface area (Å²) < 4.78 is 0. The van der Waals surface area contributed by atoms with Crippen molar-refractivity contribution < 1.29 is 4.79 Å². The molecule has 0 bridgehead atoms. The summed E-state index contributed by atoms with van der Waals surface area (Å²) in [4.78, 5) is 11.7.